The Hall–Kier alpha value is -3.84. The minimum Gasteiger partial charge on any atom is -0.350 e. The number of allylic oxidation sites excluding steroid dienone is 1. The van der Waals surface area contributed by atoms with Crippen LogP contribution in [0.5, 0.6) is 0 Å². The Balaban J connectivity index is 1.77. The summed E-state index contributed by atoms with van der Waals surface area (Å²) in [7, 11) is 6.81. The number of nitrogens with one attached hydrogen (secondary N) is 2. The number of para-hydroxylation sites is 1. The molecule has 2 N–H and O–H groups in total. The molecule has 0 saturated heterocycles. The van der Waals surface area contributed by atoms with Crippen LogP contribution in [0.25, 0.3) is 22.2 Å². The summed E-state index contributed by atoms with van der Waals surface area (Å²) in [6.07, 6.45) is -0.141. The molecule has 13 heteroatoms. The van der Waals surface area contributed by atoms with Crippen molar-refractivity contribution < 1.29 is 22.5 Å². The van der Waals surface area contributed by atoms with Gasteiger partial charge in [0.1, 0.15) is 16.9 Å². The lowest BCUT2D eigenvalue weighted by Gasteiger charge is -2.35. The van der Waals surface area contributed by atoms with Gasteiger partial charge >= 0.3 is 6.18 Å². The number of anilines is 1. The third-order valence-corrected chi connectivity index (χ3v) is 6.65. The summed E-state index contributed by atoms with van der Waals surface area (Å²) in [4.78, 5) is 21.1. The molecule has 0 bridgehead atoms. The highest BCUT2D eigenvalue weighted by Crippen LogP contribution is 2.39. The molecule has 2 heterocycles. The van der Waals surface area contributed by atoms with Gasteiger partial charge in [0, 0.05) is 46.9 Å². The Morgan fingerprint density at radius 2 is 1.97 bits per heavy atom. The van der Waals surface area contributed by atoms with Crippen molar-refractivity contribution in [3.63, 3.8) is 0 Å². The molecule has 38 heavy (non-hydrogen) atoms. The summed E-state index contributed by atoms with van der Waals surface area (Å²) >= 11 is 0. The molecule has 0 spiro atoms. The molecule has 1 aromatic carbocycles. The first-order valence-electron chi connectivity index (χ1n) is 11.7. The number of nitro groups is 1. The average molecular weight is 534 g/mol. The van der Waals surface area contributed by atoms with Gasteiger partial charge in [-0.2, -0.15) is 13.2 Å². The lowest BCUT2D eigenvalue weighted by Crippen LogP contribution is -2.56. The first kappa shape index (κ1) is 27.2. The number of alkyl halides is 3. The number of rotatable bonds is 8. The zero-order valence-corrected chi connectivity index (χ0v) is 21.2. The van der Waals surface area contributed by atoms with Crippen LogP contribution in [0.15, 0.2) is 60.3 Å². The van der Waals surface area contributed by atoms with Gasteiger partial charge in [-0.1, -0.05) is 18.2 Å². The van der Waals surface area contributed by atoms with Crippen LogP contribution >= 0.6 is 0 Å². The first-order valence-corrected chi connectivity index (χ1v) is 11.7. The normalized spacial score (nSPS) is 20.0. The molecule has 1 aliphatic rings. The quantitative estimate of drug-likeness (QED) is 0.252. The maximum Gasteiger partial charge on any atom is 0.419 e. The van der Waals surface area contributed by atoms with E-state index in [-0.39, 0.29) is 23.6 Å². The minimum absolute atomic E-state index is 0.218. The zero-order chi connectivity index (χ0) is 27.8. The summed E-state index contributed by atoms with van der Waals surface area (Å²) < 4.78 is 58.7. The highest BCUT2D eigenvalue weighted by atomic mass is 19.4. The predicted octanol–water partition coefficient (Wildman–Crippen LogP) is 4.37. The second-order valence-electron chi connectivity index (χ2n) is 9.40. The lowest BCUT2D eigenvalue weighted by molar-refractivity contribution is -0.519. The molecule has 2 unspecified atom stereocenters. The largest absolute Gasteiger partial charge is 0.419 e. The summed E-state index contributed by atoms with van der Waals surface area (Å²) in [5.41, 5.74) is -2.15. The Labute approximate surface area is 216 Å². The van der Waals surface area contributed by atoms with Crippen molar-refractivity contribution in [3.05, 3.63) is 76.0 Å². The highest BCUT2D eigenvalue weighted by Gasteiger charge is 2.46. The van der Waals surface area contributed by atoms with E-state index < -0.39 is 39.8 Å². The third kappa shape index (κ3) is 5.11. The number of hydrogen-bond donors (Lipinski definition) is 2. The van der Waals surface area contributed by atoms with Crippen LogP contribution in [0.1, 0.15) is 12.0 Å². The van der Waals surface area contributed by atoms with E-state index in [1.54, 1.807) is 50.0 Å². The van der Waals surface area contributed by atoms with Gasteiger partial charge in [-0.25, -0.2) is 14.4 Å². The molecule has 1 aliphatic carbocycles. The maximum absolute atomic E-state index is 15.3. The van der Waals surface area contributed by atoms with Crippen LogP contribution in [0, 0.1) is 10.1 Å². The van der Waals surface area contributed by atoms with Gasteiger partial charge < -0.3 is 20.1 Å². The molecule has 2 atom stereocenters. The van der Waals surface area contributed by atoms with Crippen LogP contribution in [0.2, 0.25) is 0 Å². The topological polar surface area (TPSA) is 101 Å². The summed E-state index contributed by atoms with van der Waals surface area (Å²) in [5.74, 6) is -1.14. The maximum atomic E-state index is 15.3. The standard InChI is InChI=1S/C25H27F4N7O2/c1-30-24(9-10-34(2)3)12-18(26)19(11-21(24)36(37)38)32-23-31-13-17(25(27,28)29)22(33-23)16-14-35(4)20-8-6-5-7-15(16)20/h5-8,11-14,21,30H,9-10H2,1-4H3,(H,31,32,33). The monoisotopic (exact) mass is 533 g/mol. The number of aromatic nitrogens is 3. The van der Waals surface area contributed by atoms with E-state index >= 15 is 4.39 Å². The molecular formula is C25H27F4N7O2. The number of halogens is 4. The molecule has 0 amide bonds. The number of benzene rings is 1. The van der Waals surface area contributed by atoms with Crippen LogP contribution in [-0.4, -0.2) is 63.6 Å². The summed E-state index contributed by atoms with van der Waals surface area (Å²) in [5, 5.41) is 18.0. The Kier molecular flexibility index (Phi) is 7.26. The molecular weight excluding hydrogens is 506 g/mol. The number of nitrogens with zero attached hydrogens (tertiary/aromatic N) is 5. The van der Waals surface area contributed by atoms with Gasteiger partial charge in [-0.15, -0.1) is 0 Å². The third-order valence-electron chi connectivity index (χ3n) is 6.65. The van der Waals surface area contributed by atoms with E-state index in [4.69, 9.17) is 0 Å². The van der Waals surface area contributed by atoms with Crippen molar-refractivity contribution >= 4 is 16.9 Å². The molecule has 0 saturated carbocycles. The van der Waals surface area contributed by atoms with Crippen molar-refractivity contribution in [2.45, 2.75) is 24.2 Å². The van der Waals surface area contributed by atoms with Crippen molar-refractivity contribution in [1.29, 1.82) is 0 Å². The lowest BCUT2D eigenvalue weighted by atomic mass is 9.82. The van der Waals surface area contributed by atoms with E-state index in [2.05, 4.69) is 20.6 Å². The number of hydrogen-bond acceptors (Lipinski definition) is 7. The molecule has 9 nitrogen and oxygen atoms in total. The van der Waals surface area contributed by atoms with E-state index in [9.17, 15) is 23.3 Å². The van der Waals surface area contributed by atoms with Crippen molar-refractivity contribution in [2.75, 3.05) is 33.0 Å². The van der Waals surface area contributed by atoms with Crippen LogP contribution in [0.3, 0.4) is 0 Å². The van der Waals surface area contributed by atoms with Crippen LogP contribution in [-0.2, 0) is 13.2 Å². The number of aryl methyl sites for hydroxylation is 1. The van der Waals surface area contributed by atoms with Crippen molar-refractivity contribution in [1.82, 2.24) is 24.8 Å². The van der Waals surface area contributed by atoms with Crippen LogP contribution in [0.4, 0.5) is 23.5 Å². The van der Waals surface area contributed by atoms with Crippen molar-refractivity contribution in [2.24, 2.45) is 7.05 Å². The number of fused-ring (bicyclic) bond motifs is 1. The second-order valence-corrected chi connectivity index (χ2v) is 9.40. The molecule has 0 radical (unpaired) electrons. The van der Waals surface area contributed by atoms with Gasteiger partial charge in [0.2, 0.25) is 5.95 Å². The molecule has 0 fully saturated rings. The SMILES string of the molecule is CNC1(CCN(C)C)C=C(F)C(Nc2ncc(C(F)(F)F)c(-c3cn(C)c4ccccc34)n2)=CC1[N+](=O)[O-]. The molecule has 202 valence electrons. The van der Waals surface area contributed by atoms with Gasteiger partial charge in [-0.05, 0) is 46.3 Å². The van der Waals surface area contributed by atoms with E-state index in [0.29, 0.717) is 23.6 Å². The zero-order valence-electron chi connectivity index (χ0n) is 21.2. The fourth-order valence-electron chi connectivity index (χ4n) is 4.61. The first-order chi connectivity index (χ1) is 17.9. The molecule has 0 aliphatic heterocycles. The van der Waals surface area contributed by atoms with Crippen LogP contribution < -0.4 is 10.6 Å². The van der Waals surface area contributed by atoms with E-state index in [0.717, 1.165) is 12.2 Å². The summed E-state index contributed by atoms with van der Waals surface area (Å²) in [6, 6.07) is 5.56. The molecule has 4 rings (SSSR count). The fraction of sp³-hybridized carbons (Fsp3) is 0.360. The molecule has 2 aromatic heterocycles. The van der Waals surface area contributed by atoms with Gasteiger partial charge in [0.05, 0.1) is 11.4 Å². The van der Waals surface area contributed by atoms with E-state index in [1.165, 1.54) is 13.2 Å². The second kappa shape index (κ2) is 10.1. The Morgan fingerprint density at radius 1 is 1.26 bits per heavy atom. The smallest absolute Gasteiger partial charge is 0.350 e. The van der Waals surface area contributed by atoms with Crippen molar-refractivity contribution in [3.8, 4) is 11.3 Å². The van der Waals surface area contributed by atoms with Gasteiger partial charge in [-0.3, -0.25) is 10.1 Å². The molecule has 3 aromatic rings. The minimum atomic E-state index is -4.75. The Morgan fingerprint density at radius 3 is 2.61 bits per heavy atom. The fourth-order valence-corrected chi connectivity index (χ4v) is 4.61. The van der Waals surface area contributed by atoms with E-state index in [1.807, 2.05) is 4.90 Å². The highest BCUT2D eigenvalue weighted by molar-refractivity contribution is 5.96. The van der Waals surface area contributed by atoms with Gasteiger partial charge in [0.15, 0.2) is 0 Å². The summed E-state index contributed by atoms with van der Waals surface area (Å²) in [6.45, 7) is 0.446. The Bertz CT molecular complexity index is 1430. The predicted molar refractivity (Wildman–Crippen MR) is 136 cm³/mol. The number of likely N-dealkylation sites (N-methyl/N-ethyl adjacent to an activating group) is 1. The average Bonchev–Trinajstić information content (AvgIpc) is 3.19. The van der Waals surface area contributed by atoms with Gasteiger partial charge in [0.25, 0.3) is 6.04 Å².